The average molecular weight is 487 g/mol. The quantitative estimate of drug-likeness (QED) is 0.399. The zero-order valence-electron chi connectivity index (χ0n) is 19.7. The zero-order chi connectivity index (χ0) is 25.0. The van der Waals surface area contributed by atoms with E-state index >= 15 is 0 Å². The largest absolute Gasteiger partial charge is 0.481 e. The van der Waals surface area contributed by atoms with Crippen molar-refractivity contribution in [2.24, 2.45) is 0 Å². The number of fused-ring (bicyclic) bond motifs is 2. The predicted molar refractivity (Wildman–Crippen MR) is 132 cm³/mol. The first kappa shape index (κ1) is 22.1. The summed E-state index contributed by atoms with van der Waals surface area (Å²) in [7, 11) is 1.55. The molecule has 4 aromatic heterocycles. The molecular formula is C25H23FN8O2. The lowest BCUT2D eigenvalue weighted by molar-refractivity contribution is 0.288. The van der Waals surface area contributed by atoms with Crippen LogP contribution in [0.25, 0.3) is 33.2 Å². The molecular weight excluding hydrogens is 463 g/mol. The molecule has 5 aromatic rings. The molecule has 11 heteroatoms. The summed E-state index contributed by atoms with van der Waals surface area (Å²) in [6, 6.07) is 7.50. The Balaban J connectivity index is 1.59. The van der Waals surface area contributed by atoms with Crippen LogP contribution in [-0.2, 0) is 0 Å². The van der Waals surface area contributed by atoms with Gasteiger partial charge in [-0.15, -0.1) is 0 Å². The number of hydrogen-bond donors (Lipinski definition) is 1. The van der Waals surface area contributed by atoms with Crippen LogP contribution in [0.3, 0.4) is 0 Å². The van der Waals surface area contributed by atoms with Crippen LogP contribution in [0.2, 0.25) is 0 Å². The Morgan fingerprint density at radius 3 is 2.67 bits per heavy atom. The van der Waals surface area contributed by atoms with Crippen molar-refractivity contribution in [2.75, 3.05) is 12.8 Å². The van der Waals surface area contributed by atoms with Crippen LogP contribution in [0.1, 0.15) is 44.1 Å². The molecule has 0 bridgehead atoms. The SMILES string of the molecule is COc1ccc(-c2nn(C(C)c3nc4cccc(F)c4c(=O)n3C3CCC3)c3ncnc(N)c23)cn1. The number of ether oxygens (including phenoxy) is 1. The van der Waals surface area contributed by atoms with Gasteiger partial charge in [0, 0.05) is 23.9 Å². The van der Waals surface area contributed by atoms with Crippen LogP contribution in [0.15, 0.2) is 47.7 Å². The van der Waals surface area contributed by atoms with Crippen LogP contribution in [0, 0.1) is 5.82 Å². The minimum Gasteiger partial charge on any atom is -0.481 e. The van der Waals surface area contributed by atoms with E-state index in [0.29, 0.717) is 39.5 Å². The van der Waals surface area contributed by atoms with E-state index in [1.807, 2.05) is 13.0 Å². The highest BCUT2D eigenvalue weighted by Crippen LogP contribution is 2.36. The third kappa shape index (κ3) is 3.30. The molecule has 1 saturated carbocycles. The van der Waals surface area contributed by atoms with Crippen molar-refractivity contribution in [2.45, 2.75) is 38.3 Å². The third-order valence-electron chi connectivity index (χ3n) is 6.82. The molecule has 0 spiro atoms. The molecule has 4 heterocycles. The van der Waals surface area contributed by atoms with Gasteiger partial charge in [0.05, 0.1) is 18.0 Å². The van der Waals surface area contributed by atoms with Gasteiger partial charge in [-0.1, -0.05) is 6.07 Å². The molecule has 0 radical (unpaired) electrons. The third-order valence-corrected chi connectivity index (χ3v) is 6.82. The van der Waals surface area contributed by atoms with Gasteiger partial charge in [0.15, 0.2) is 5.65 Å². The number of aromatic nitrogens is 7. The first-order chi connectivity index (χ1) is 17.5. The van der Waals surface area contributed by atoms with Gasteiger partial charge in [-0.3, -0.25) is 9.36 Å². The topological polar surface area (TPSA) is 127 Å². The van der Waals surface area contributed by atoms with E-state index in [1.165, 1.54) is 12.4 Å². The smallest absolute Gasteiger partial charge is 0.264 e. The number of pyridine rings is 1. The van der Waals surface area contributed by atoms with Gasteiger partial charge in [-0.05, 0) is 44.4 Å². The van der Waals surface area contributed by atoms with Crippen molar-refractivity contribution in [3.63, 3.8) is 0 Å². The van der Waals surface area contributed by atoms with E-state index in [4.69, 9.17) is 20.6 Å². The lowest BCUT2D eigenvalue weighted by atomic mass is 9.92. The van der Waals surface area contributed by atoms with Gasteiger partial charge >= 0.3 is 0 Å². The van der Waals surface area contributed by atoms with Crippen molar-refractivity contribution in [3.8, 4) is 17.1 Å². The first-order valence-corrected chi connectivity index (χ1v) is 11.7. The van der Waals surface area contributed by atoms with Crippen LogP contribution in [0.4, 0.5) is 10.2 Å². The molecule has 0 aliphatic heterocycles. The molecule has 1 aliphatic carbocycles. The van der Waals surface area contributed by atoms with E-state index in [0.717, 1.165) is 19.3 Å². The highest BCUT2D eigenvalue weighted by atomic mass is 19.1. The molecule has 1 aromatic carbocycles. The lowest BCUT2D eigenvalue weighted by Gasteiger charge is -2.31. The number of halogens is 1. The fraction of sp³-hybridized carbons (Fsp3) is 0.280. The Labute approximate surface area is 204 Å². The summed E-state index contributed by atoms with van der Waals surface area (Å²) < 4.78 is 23.1. The lowest BCUT2D eigenvalue weighted by Crippen LogP contribution is -2.35. The predicted octanol–water partition coefficient (Wildman–Crippen LogP) is 3.66. The second-order valence-corrected chi connectivity index (χ2v) is 8.88. The number of nitrogen functional groups attached to an aromatic ring is 1. The highest BCUT2D eigenvalue weighted by molar-refractivity contribution is 5.98. The van der Waals surface area contributed by atoms with E-state index < -0.39 is 11.9 Å². The Morgan fingerprint density at radius 2 is 1.97 bits per heavy atom. The summed E-state index contributed by atoms with van der Waals surface area (Å²) in [5.74, 6) is 0.659. The number of nitrogens with zero attached hydrogens (tertiary/aromatic N) is 7. The Kier molecular flexibility index (Phi) is 5.13. The number of benzene rings is 1. The van der Waals surface area contributed by atoms with Crippen molar-refractivity contribution in [1.29, 1.82) is 0 Å². The number of hydrogen-bond acceptors (Lipinski definition) is 8. The minimum atomic E-state index is -0.573. The molecule has 6 rings (SSSR count). The number of rotatable bonds is 5. The second-order valence-electron chi connectivity index (χ2n) is 8.88. The van der Waals surface area contributed by atoms with Gasteiger partial charge in [-0.25, -0.2) is 29.0 Å². The van der Waals surface area contributed by atoms with Crippen molar-refractivity contribution in [3.05, 3.63) is 64.9 Å². The van der Waals surface area contributed by atoms with E-state index in [2.05, 4.69) is 15.0 Å². The van der Waals surface area contributed by atoms with Gasteiger partial charge in [-0.2, -0.15) is 5.10 Å². The highest BCUT2D eigenvalue weighted by Gasteiger charge is 2.30. The summed E-state index contributed by atoms with van der Waals surface area (Å²) in [6.07, 6.45) is 5.69. The molecule has 1 fully saturated rings. The van der Waals surface area contributed by atoms with Gasteiger partial charge in [0.1, 0.15) is 40.9 Å². The molecule has 36 heavy (non-hydrogen) atoms. The van der Waals surface area contributed by atoms with Gasteiger partial charge in [0.2, 0.25) is 5.88 Å². The summed E-state index contributed by atoms with van der Waals surface area (Å²) >= 11 is 0. The van der Waals surface area contributed by atoms with Crippen LogP contribution in [-0.4, -0.2) is 41.4 Å². The molecule has 10 nitrogen and oxygen atoms in total. The molecule has 2 N–H and O–H groups in total. The maximum absolute atomic E-state index is 14.6. The molecule has 1 unspecified atom stereocenters. The number of methoxy groups -OCH3 is 1. The van der Waals surface area contributed by atoms with Crippen LogP contribution in [0.5, 0.6) is 5.88 Å². The summed E-state index contributed by atoms with van der Waals surface area (Å²) in [4.78, 5) is 31.2. The summed E-state index contributed by atoms with van der Waals surface area (Å²) in [6.45, 7) is 1.89. The molecule has 1 atom stereocenters. The van der Waals surface area contributed by atoms with Crippen LogP contribution >= 0.6 is 0 Å². The Hall–Kier alpha value is -4.41. The Bertz CT molecular complexity index is 1670. The number of anilines is 1. The van der Waals surface area contributed by atoms with Crippen LogP contribution < -0.4 is 16.0 Å². The molecule has 182 valence electrons. The van der Waals surface area contributed by atoms with Gasteiger partial charge in [0.25, 0.3) is 5.56 Å². The van der Waals surface area contributed by atoms with E-state index in [1.54, 1.807) is 40.8 Å². The molecule has 0 amide bonds. The van der Waals surface area contributed by atoms with Gasteiger partial charge < -0.3 is 10.5 Å². The zero-order valence-corrected chi connectivity index (χ0v) is 19.7. The first-order valence-electron chi connectivity index (χ1n) is 11.7. The van der Waals surface area contributed by atoms with Crippen molar-refractivity contribution >= 4 is 27.8 Å². The number of nitrogens with two attached hydrogens (primary N) is 1. The maximum Gasteiger partial charge on any atom is 0.264 e. The fourth-order valence-electron chi connectivity index (χ4n) is 4.73. The normalized spacial score (nSPS) is 14.8. The summed E-state index contributed by atoms with van der Waals surface area (Å²) in [5.41, 5.74) is 7.94. The molecule has 1 aliphatic rings. The summed E-state index contributed by atoms with van der Waals surface area (Å²) in [5, 5.41) is 5.42. The minimum absolute atomic E-state index is 0.00207. The van der Waals surface area contributed by atoms with E-state index in [-0.39, 0.29) is 22.8 Å². The monoisotopic (exact) mass is 486 g/mol. The maximum atomic E-state index is 14.6. The van der Waals surface area contributed by atoms with Crippen molar-refractivity contribution < 1.29 is 9.13 Å². The standard InChI is InChI=1S/C25H23FN8O2/c1-13(23-31-17-8-4-7-16(26)19(17)25(35)33(23)15-5-3-6-15)34-24-20(22(27)29-12-30-24)21(32-34)14-9-10-18(36-2)28-11-14/h4,7-13,15H,3,5-6H2,1-2H3,(H2,27,29,30). The second kappa shape index (κ2) is 8.36. The molecule has 0 saturated heterocycles. The average Bonchev–Trinajstić information content (AvgIpc) is 3.25. The van der Waals surface area contributed by atoms with Crippen molar-refractivity contribution in [1.82, 2.24) is 34.3 Å². The van der Waals surface area contributed by atoms with E-state index in [9.17, 15) is 9.18 Å². The Morgan fingerprint density at radius 1 is 1.14 bits per heavy atom. The fourth-order valence-corrected chi connectivity index (χ4v) is 4.73.